The Labute approximate surface area is 184 Å². The molecule has 0 bridgehead atoms. The fourth-order valence-corrected chi connectivity index (χ4v) is 4.26. The number of nitriles is 1. The largest absolute Gasteiger partial charge is 0.457 e. The third-order valence-electron chi connectivity index (χ3n) is 6.03. The van der Waals surface area contributed by atoms with Crippen molar-refractivity contribution in [2.45, 2.75) is 33.0 Å². The fraction of sp³-hybridized carbons (Fsp3) is 0.364. The van der Waals surface area contributed by atoms with E-state index in [1.807, 2.05) is 12.1 Å². The Bertz CT molecular complexity index is 1250. The molecule has 2 aliphatic rings. The van der Waals surface area contributed by atoms with Crippen LogP contribution in [-0.4, -0.2) is 55.5 Å². The summed E-state index contributed by atoms with van der Waals surface area (Å²) in [5.41, 5.74) is 5.83. The van der Waals surface area contributed by atoms with E-state index in [0.717, 1.165) is 36.5 Å². The summed E-state index contributed by atoms with van der Waals surface area (Å²) in [7, 11) is 0. The predicted octanol–water partition coefficient (Wildman–Crippen LogP) is 1.36. The topological polar surface area (TPSA) is 122 Å². The van der Waals surface area contributed by atoms with Gasteiger partial charge in [0, 0.05) is 37.8 Å². The molecule has 0 saturated carbocycles. The van der Waals surface area contributed by atoms with Crippen LogP contribution < -0.4 is 5.32 Å². The van der Waals surface area contributed by atoms with Crippen LogP contribution in [0.2, 0.25) is 0 Å². The number of benzene rings is 1. The van der Waals surface area contributed by atoms with E-state index in [9.17, 15) is 4.79 Å². The summed E-state index contributed by atoms with van der Waals surface area (Å²) in [4.78, 5) is 24.1. The minimum atomic E-state index is -0.239. The highest BCUT2D eigenvalue weighted by Crippen LogP contribution is 2.30. The van der Waals surface area contributed by atoms with Gasteiger partial charge in [-0.3, -0.25) is 4.90 Å². The predicted molar refractivity (Wildman–Crippen MR) is 113 cm³/mol. The number of rotatable bonds is 4. The highest BCUT2D eigenvalue weighted by molar-refractivity contribution is 5.94. The van der Waals surface area contributed by atoms with Gasteiger partial charge in [-0.2, -0.15) is 10.4 Å². The summed E-state index contributed by atoms with van der Waals surface area (Å²) in [6.45, 7) is 7.38. The second-order valence-corrected chi connectivity index (χ2v) is 8.03. The van der Waals surface area contributed by atoms with E-state index in [0.29, 0.717) is 35.9 Å². The molecular formula is C22H22N8O2. The second kappa shape index (κ2) is 8.11. The highest BCUT2D eigenvalue weighted by Gasteiger charge is 2.28. The van der Waals surface area contributed by atoms with Gasteiger partial charge in [0.05, 0.1) is 34.9 Å². The van der Waals surface area contributed by atoms with Crippen LogP contribution in [0, 0.1) is 25.2 Å². The van der Waals surface area contributed by atoms with E-state index < -0.39 is 0 Å². The first-order chi connectivity index (χ1) is 15.5. The van der Waals surface area contributed by atoms with Crippen molar-refractivity contribution in [3.8, 4) is 12.0 Å². The van der Waals surface area contributed by atoms with E-state index in [1.54, 1.807) is 13.1 Å². The zero-order valence-corrected chi connectivity index (χ0v) is 17.9. The molecule has 0 spiro atoms. The molecule has 10 nitrogen and oxygen atoms in total. The van der Waals surface area contributed by atoms with Gasteiger partial charge < -0.3 is 10.1 Å². The molecule has 0 unspecified atom stereocenters. The Balaban J connectivity index is 1.30. The molecule has 10 heteroatoms. The van der Waals surface area contributed by atoms with Gasteiger partial charge in [0.25, 0.3) is 5.95 Å². The highest BCUT2D eigenvalue weighted by atomic mass is 16.5. The lowest BCUT2D eigenvalue weighted by molar-refractivity contribution is 0.0535. The average molecular weight is 430 g/mol. The SMILES string of the molecule is Cc1nc(-n2ncc(CN3CCN[C@H](c4ccc5c(c4C)COC5=O)C3)n2)ncc1C#N. The summed E-state index contributed by atoms with van der Waals surface area (Å²) in [6.07, 6.45) is 3.21. The van der Waals surface area contributed by atoms with Gasteiger partial charge in [0.2, 0.25) is 0 Å². The number of cyclic esters (lactones) is 1. The molecule has 162 valence electrons. The monoisotopic (exact) mass is 430 g/mol. The summed E-state index contributed by atoms with van der Waals surface area (Å²) >= 11 is 0. The summed E-state index contributed by atoms with van der Waals surface area (Å²) in [6, 6.07) is 6.12. The molecule has 1 aromatic carbocycles. The van der Waals surface area contributed by atoms with Crippen molar-refractivity contribution in [1.82, 2.24) is 35.2 Å². The molecular weight excluding hydrogens is 408 g/mol. The molecule has 0 radical (unpaired) electrons. The normalized spacial score (nSPS) is 18.3. The van der Waals surface area contributed by atoms with Crippen molar-refractivity contribution in [3.05, 3.63) is 63.7 Å². The molecule has 1 fully saturated rings. The Morgan fingerprint density at radius 2 is 2.19 bits per heavy atom. The first kappa shape index (κ1) is 20.2. The lowest BCUT2D eigenvalue weighted by Gasteiger charge is -2.34. The maximum atomic E-state index is 11.8. The Morgan fingerprint density at radius 1 is 1.31 bits per heavy atom. The van der Waals surface area contributed by atoms with Gasteiger partial charge in [-0.15, -0.1) is 9.90 Å². The van der Waals surface area contributed by atoms with Gasteiger partial charge in [-0.1, -0.05) is 6.07 Å². The van der Waals surface area contributed by atoms with Gasteiger partial charge >= 0.3 is 5.97 Å². The number of ether oxygens (including phenoxy) is 1. The van der Waals surface area contributed by atoms with Crippen molar-refractivity contribution in [3.63, 3.8) is 0 Å². The smallest absolute Gasteiger partial charge is 0.338 e. The van der Waals surface area contributed by atoms with Gasteiger partial charge in [-0.05, 0) is 31.0 Å². The van der Waals surface area contributed by atoms with Crippen LogP contribution >= 0.6 is 0 Å². The summed E-state index contributed by atoms with van der Waals surface area (Å²) in [5.74, 6) is 0.105. The van der Waals surface area contributed by atoms with E-state index in [4.69, 9.17) is 10.00 Å². The van der Waals surface area contributed by atoms with Crippen molar-refractivity contribution >= 4 is 5.97 Å². The first-order valence-electron chi connectivity index (χ1n) is 10.4. The van der Waals surface area contributed by atoms with Crippen molar-refractivity contribution in [2.75, 3.05) is 19.6 Å². The number of aryl methyl sites for hydroxylation is 1. The number of hydrogen-bond acceptors (Lipinski definition) is 9. The molecule has 0 amide bonds. The first-order valence-corrected chi connectivity index (χ1v) is 10.4. The molecule has 1 N–H and O–H groups in total. The number of piperazine rings is 1. The minimum absolute atomic E-state index is 0.157. The van der Waals surface area contributed by atoms with Crippen molar-refractivity contribution in [2.24, 2.45) is 0 Å². The molecule has 2 aliphatic heterocycles. The van der Waals surface area contributed by atoms with Crippen LogP contribution in [0.5, 0.6) is 0 Å². The van der Waals surface area contributed by atoms with Gasteiger partial charge in [-0.25, -0.2) is 14.8 Å². The van der Waals surface area contributed by atoms with E-state index in [2.05, 4.69) is 43.4 Å². The standard InChI is InChI=1S/C22H22N8O2/c1-13-17(3-4-18-19(13)12-32-21(18)31)20-11-29(6-5-24-20)10-16-9-26-30(28-16)22-25-8-15(7-23)14(2)27-22/h3-4,8-9,20,24H,5-6,10-12H2,1-2H3/t20-/m0/s1. The molecule has 1 atom stereocenters. The summed E-state index contributed by atoms with van der Waals surface area (Å²) < 4.78 is 5.19. The summed E-state index contributed by atoms with van der Waals surface area (Å²) in [5, 5.41) is 21.5. The lowest BCUT2D eigenvalue weighted by atomic mass is 9.93. The van der Waals surface area contributed by atoms with E-state index in [1.165, 1.54) is 16.6 Å². The van der Waals surface area contributed by atoms with Crippen LogP contribution in [0.25, 0.3) is 5.95 Å². The Hall–Kier alpha value is -3.68. The Kier molecular flexibility index (Phi) is 5.13. The average Bonchev–Trinajstić information content (AvgIpc) is 3.41. The van der Waals surface area contributed by atoms with Crippen molar-refractivity contribution in [1.29, 1.82) is 5.26 Å². The van der Waals surface area contributed by atoms with Crippen LogP contribution in [0.15, 0.2) is 24.5 Å². The quantitative estimate of drug-likeness (QED) is 0.611. The molecule has 1 saturated heterocycles. The van der Waals surface area contributed by atoms with Crippen LogP contribution in [0.1, 0.15) is 50.0 Å². The third-order valence-corrected chi connectivity index (χ3v) is 6.03. The van der Waals surface area contributed by atoms with Crippen LogP contribution in [0.4, 0.5) is 0 Å². The number of nitrogens with zero attached hydrogens (tertiary/aromatic N) is 7. The van der Waals surface area contributed by atoms with Crippen molar-refractivity contribution < 1.29 is 9.53 Å². The van der Waals surface area contributed by atoms with Crippen LogP contribution in [-0.2, 0) is 17.9 Å². The zero-order chi connectivity index (χ0) is 22.2. The maximum Gasteiger partial charge on any atom is 0.338 e. The molecule has 0 aliphatic carbocycles. The second-order valence-electron chi connectivity index (χ2n) is 8.03. The molecule has 5 rings (SSSR count). The number of nitrogens with one attached hydrogen (secondary N) is 1. The zero-order valence-electron chi connectivity index (χ0n) is 17.9. The number of carbonyl (C=O) groups is 1. The fourth-order valence-electron chi connectivity index (χ4n) is 4.26. The molecule has 4 heterocycles. The lowest BCUT2D eigenvalue weighted by Crippen LogP contribution is -2.45. The minimum Gasteiger partial charge on any atom is -0.457 e. The van der Waals surface area contributed by atoms with Crippen LogP contribution in [0.3, 0.4) is 0 Å². The molecule has 32 heavy (non-hydrogen) atoms. The van der Waals surface area contributed by atoms with Gasteiger partial charge in [0.1, 0.15) is 12.7 Å². The molecule has 3 aromatic rings. The van der Waals surface area contributed by atoms with Gasteiger partial charge in [0.15, 0.2) is 0 Å². The number of esters is 1. The maximum absolute atomic E-state index is 11.8. The van der Waals surface area contributed by atoms with E-state index >= 15 is 0 Å². The van der Waals surface area contributed by atoms with E-state index in [-0.39, 0.29) is 12.0 Å². The number of aromatic nitrogens is 5. The number of carbonyl (C=O) groups excluding carboxylic acids is 1. The molecule has 2 aromatic heterocycles. The number of hydrogen-bond donors (Lipinski definition) is 1. The third kappa shape index (κ3) is 3.62. The Morgan fingerprint density at radius 3 is 3.00 bits per heavy atom. The number of fused-ring (bicyclic) bond motifs is 1.